The fraction of sp³-hybridized carbons (Fsp3) is 0.600. The minimum atomic E-state index is 1.26. The third-order valence-corrected chi connectivity index (χ3v) is 6.37. The molecule has 2 rings (SSSR count). The Kier molecular flexibility index (Phi) is 15.0. The van der Waals surface area contributed by atoms with Crippen LogP contribution < -0.4 is 0 Å². The van der Waals surface area contributed by atoms with E-state index in [0.717, 1.165) is 0 Å². The monoisotopic (exact) mass is 406 g/mol. The lowest BCUT2D eigenvalue weighted by molar-refractivity contribution is 0.528. The van der Waals surface area contributed by atoms with Gasteiger partial charge >= 0.3 is 0 Å². The van der Waals surface area contributed by atoms with E-state index in [9.17, 15) is 0 Å². The number of unbranched alkanes of at least 4 members (excludes halogenated alkanes) is 15. The van der Waals surface area contributed by atoms with Crippen molar-refractivity contribution in [3.8, 4) is 0 Å². The fourth-order valence-corrected chi connectivity index (χ4v) is 4.42. The van der Waals surface area contributed by atoms with Crippen LogP contribution in [0.1, 0.15) is 114 Å². The molecule has 0 N–H and O–H groups in total. The van der Waals surface area contributed by atoms with Crippen LogP contribution in [0.4, 0.5) is 0 Å². The van der Waals surface area contributed by atoms with Gasteiger partial charge in [0.25, 0.3) is 0 Å². The van der Waals surface area contributed by atoms with Crippen LogP contribution in [-0.2, 0) is 12.8 Å². The highest BCUT2D eigenvalue weighted by atomic mass is 14.0. The highest BCUT2D eigenvalue weighted by Gasteiger charge is 1.96. The van der Waals surface area contributed by atoms with Gasteiger partial charge in [-0.25, -0.2) is 0 Å². The first-order valence-corrected chi connectivity index (χ1v) is 13.0. The Morgan fingerprint density at radius 3 is 0.767 bits per heavy atom. The molecule has 0 saturated carbocycles. The zero-order chi connectivity index (χ0) is 21.0. The summed E-state index contributed by atoms with van der Waals surface area (Å²) in [5, 5.41) is 0. The normalized spacial score (nSPS) is 11.1. The molecule has 0 heteroatoms. The molecule has 0 aliphatic carbocycles. The van der Waals surface area contributed by atoms with Crippen molar-refractivity contribution in [2.24, 2.45) is 0 Å². The Morgan fingerprint density at radius 1 is 0.267 bits per heavy atom. The SMILES string of the molecule is c1ccc(CCCCCCCCCCCCCCCCCCc2ccccc2)cc1. The Bertz CT molecular complexity index is 530. The van der Waals surface area contributed by atoms with Gasteiger partial charge in [-0.2, -0.15) is 0 Å². The second-order valence-corrected chi connectivity index (χ2v) is 9.13. The molecule has 0 atom stereocenters. The van der Waals surface area contributed by atoms with Gasteiger partial charge < -0.3 is 0 Å². The molecule has 2 aromatic carbocycles. The molecule has 0 bridgehead atoms. The van der Waals surface area contributed by atoms with Crippen molar-refractivity contribution in [3.63, 3.8) is 0 Å². The molecule has 2 aromatic rings. The Hall–Kier alpha value is -1.56. The third-order valence-electron chi connectivity index (χ3n) is 6.37. The maximum atomic E-state index is 2.26. The van der Waals surface area contributed by atoms with Crippen molar-refractivity contribution in [2.75, 3.05) is 0 Å². The van der Waals surface area contributed by atoms with Crippen molar-refractivity contribution in [1.82, 2.24) is 0 Å². The third kappa shape index (κ3) is 13.6. The largest absolute Gasteiger partial charge is 0.0622 e. The van der Waals surface area contributed by atoms with Crippen LogP contribution in [0, 0.1) is 0 Å². The average Bonchev–Trinajstić information content (AvgIpc) is 2.79. The van der Waals surface area contributed by atoms with E-state index in [-0.39, 0.29) is 0 Å². The quantitative estimate of drug-likeness (QED) is 0.204. The summed E-state index contributed by atoms with van der Waals surface area (Å²) >= 11 is 0. The molecule has 0 amide bonds. The zero-order valence-corrected chi connectivity index (χ0v) is 19.5. The Balaban J connectivity index is 1.23. The standard InChI is InChI=1S/C30H46/c1(3-5-7-9-11-13-17-23-29-25-19-15-20-26-29)2-4-6-8-10-12-14-18-24-30-27-21-16-22-28-30/h15-16,19-22,25-28H,1-14,17-18,23-24H2. The smallest absolute Gasteiger partial charge is 0.0279 e. The summed E-state index contributed by atoms with van der Waals surface area (Å²) in [5.41, 5.74) is 3.00. The summed E-state index contributed by atoms with van der Waals surface area (Å²) in [7, 11) is 0. The lowest BCUT2D eigenvalue weighted by Gasteiger charge is -2.04. The van der Waals surface area contributed by atoms with Gasteiger partial charge in [0.15, 0.2) is 0 Å². The lowest BCUT2D eigenvalue weighted by atomic mass is 10.0. The second kappa shape index (κ2) is 18.2. The molecule has 0 aliphatic rings. The summed E-state index contributed by atoms with van der Waals surface area (Å²) in [6, 6.07) is 21.9. The molecule has 0 radical (unpaired) electrons. The molecule has 0 aliphatic heterocycles. The van der Waals surface area contributed by atoms with Crippen molar-refractivity contribution in [2.45, 2.75) is 116 Å². The summed E-state index contributed by atoms with van der Waals surface area (Å²) < 4.78 is 0. The highest BCUT2D eigenvalue weighted by Crippen LogP contribution is 2.15. The molecule has 0 nitrogen and oxygen atoms in total. The maximum absolute atomic E-state index is 2.26. The second-order valence-electron chi connectivity index (χ2n) is 9.13. The van der Waals surface area contributed by atoms with Crippen molar-refractivity contribution >= 4 is 0 Å². The van der Waals surface area contributed by atoms with Gasteiger partial charge in [0.05, 0.1) is 0 Å². The number of rotatable bonds is 19. The van der Waals surface area contributed by atoms with Crippen LogP contribution in [0.15, 0.2) is 60.7 Å². The van der Waals surface area contributed by atoms with Crippen LogP contribution >= 0.6 is 0 Å². The van der Waals surface area contributed by atoms with Crippen LogP contribution in [-0.4, -0.2) is 0 Å². The summed E-state index contributed by atoms with van der Waals surface area (Å²) in [5.74, 6) is 0. The van der Waals surface area contributed by atoms with Crippen LogP contribution in [0.25, 0.3) is 0 Å². The summed E-state index contributed by atoms with van der Waals surface area (Å²) in [4.78, 5) is 0. The maximum Gasteiger partial charge on any atom is -0.0279 e. The van der Waals surface area contributed by atoms with Gasteiger partial charge in [0.2, 0.25) is 0 Å². The lowest BCUT2D eigenvalue weighted by Crippen LogP contribution is -1.87. The minimum absolute atomic E-state index is 1.26. The molecular formula is C30H46. The highest BCUT2D eigenvalue weighted by molar-refractivity contribution is 5.15. The minimum Gasteiger partial charge on any atom is -0.0622 e. The van der Waals surface area contributed by atoms with Crippen molar-refractivity contribution < 1.29 is 0 Å². The average molecular weight is 407 g/mol. The first kappa shape index (κ1) is 24.7. The summed E-state index contributed by atoms with van der Waals surface area (Å²) in [6.07, 6.45) is 25.5. The van der Waals surface area contributed by atoms with Gasteiger partial charge in [-0.1, -0.05) is 151 Å². The van der Waals surface area contributed by atoms with E-state index in [1.165, 1.54) is 127 Å². The number of aryl methyl sites for hydroxylation is 2. The van der Waals surface area contributed by atoms with Crippen molar-refractivity contribution in [3.05, 3.63) is 71.8 Å². The van der Waals surface area contributed by atoms with E-state index in [1.54, 1.807) is 0 Å². The van der Waals surface area contributed by atoms with E-state index in [1.807, 2.05) is 0 Å². The number of benzene rings is 2. The van der Waals surface area contributed by atoms with Gasteiger partial charge in [-0.3, -0.25) is 0 Å². The molecule has 166 valence electrons. The molecule has 0 unspecified atom stereocenters. The molecule has 30 heavy (non-hydrogen) atoms. The fourth-order valence-electron chi connectivity index (χ4n) is 4.42. The van der Waals surface area contributed by atoms with Crippen molar-refractivity contribution in [1.29, 1.82) is 0 Å². The molecule has 0 fully saturated rings. The predicted molar refractivity (Wildman–Crippen MR) is 134 cm³/mol. The van der Waals surface area contributed by atoms with E-state index in [4.69, 9.17) is 0 Å². The molecular weight excluding hydrogens is 360 g/mol. The zero-order valence-electron chi connectivity index (χ0n) is 19.5. The van der Waals surface area contributed by atoms with E-state index in [0.29, 0.717) is 0 Å². The first-order chi connectivity index (χ1) is 14.9. The van der Waals surface area contributed by atoms with Gasteiger partial charge in [0, 0.05) is 0 Å². The predicted octanol–water partition coefficient (Wildman–Crippen LogP) is 9.71. The van der Waals surface area contributed by atoms with Crippen LogP contribution in [0.5, 0.6) is 0 Å². The number of hydrogen-bond donors (Lipinski definition) is 0. The number of hydrogen-bond acceptors (Lipinski definition) is 0. The molecule has 0 heterocycles. The molecule has 0 aromatic heterocycles. The van der Waals surface area contributed by atoms with Gasteiger partial charge in [-0.05, 0) is 36.8 Å². The van der Waals surface area contributed by atoms with E-state index < -0.39 is 0 Å². The topological polar surface area (TPSA) is 0 Å². The Morgan fingerprint density at radius 2 is 0.500 bits per heavy atom. The Labute approximate surface area is 187 Å². The van der Waals surface area contributed by atoms with Crippen LogP contribution in [0.2, 0.25) is 0 Å². The summed E-state index contributed by atoms with van der Waals surface area (Å²) in [6.45, 7) is 0. The molecule has 0 saturated heterocycles. The van der Waals surface area contributed by atoms with Crippen LogP contribution in [0.3, 0.4) is 0 Å². The van der Waals surface area contributed by atoms with Gasteiger partial charge in [0.1, 0.15) is 0 Å². The van der Waals surface area contributed by atoms with Gasteiger partial charge in [-0.15, -0.1) is 0 Å². The van der Waals surface area contributed by atoms with E-state index in [2.05, 4.69) is 60.7 Å². The van der Waals surface area contributed by atoms with E-state index >= 15 is 0 Å². The molecule has 0 spiro atoms. The first-order valence-electron chi connectivity index (χ1n) is 13.0.